The summed E-state index contributed by atoms with van der Waals surface area (Å²) in [6, 6.07) is 10.8. The zero-order chi connectivity index (χ0) is 20.3. The Morgan fingerprint density at radius 1 is 1.07 bits per heavy atom. The number of rotatable bonds is 5. The molecule has 1 fully saturated rings. The zero-order valence-electron chi connectivity index (χ0n) is 16.7. The van der Waals surface area contributed by atoms with Crippen LogP contribution in [0, 0.1) is 13.8 Å². The first kappa shape index (κ1) is 20.8. The Morgan fingerprint density at radius 2 is 1.71 bits per heavy atom. The van der Waals surface area contributed by atoms with E-state index in [9.17, 15) is 8.78 Å². The fourth-order valence-electron chi connectivity index (χ4n) is 3.60. The maximum atomic E-state index is 13.3. The molecule has 6 heteroatoms. The van der Waals surface area contributed by atoms with E-state index in [1.165, 1.54) is 17.7 Å². The average molecular weight is 404 g/mol. The summed E-state index contributed by atoms with van der Waals surface area (Å²) >= 11 is 5.66. The Hall–Kier alpha value is -1.92. The van der Waals surface area contributed by atoms with Crippen LogP contribution in [0.3, 0.4) is 0 Å². The van der Waals surface area contributed by atoms with Crippen molar-refractivity contribution >= 4 is 17.2 Å². The highest BCUT2D eigenvalue weighted by Gasteiger charge is 2.24. The largest absolute Gasteiger partial charge is 0.363 e. The summed E-state index contributed by atoms with van der Waals surface area (Å²) in [6.45, 7) is 9.37. The molecule has 0 aliphatic carbocycles. The third-order valence-corrected chi connectivity index (χ3v) is 5.48. The van der Waals surface area contributed by atoms with Crippen molar-refractivity contribution in [2.24, 2.45) is 0 Å². The minimum absolute atomic E-state index is 0.0615. The van der Waals surface area contributed by atoms with Crippen LogP contribution in [0.1, 0.15) is 35.0 Å². The van der Waals surface area contributed by atoms with E-state index in [0.29, 0.717) is 6.42 Å². The maximum Gasteiger partial charge on any atom is 0.270 e. The molecular formula is C22H27F2N3S. The quantitative estimate of drug-likeness (QED) is 0.685. The molecule has 0 bridgehead atoms. The summed E-state index contributed by atoms with van der Waals surface area (Å²) in [5, 5.41) is 0. The van der Waals surface area contributed by atoms with Gasteiger partial charge in [0.15, 0.2) is 0 Å². The van der Waals surface area contributed by atoms with E-state index < -0.39 is 5.92 Å². The summed E-state index contributed by atoms with van der Waals surface area (Å²) in [5.41, 5.74) is 4.38. The van der Waals surface area contributed by atoms with Crippen molar-refractivity contribution in [2.75, 3.05) is 26.2 Å². The maximum absolute atomic E-state index is 13.3. The van der Waals surface area contributed by atoms with Crippen LogP contribution in [0.5, 0.6) is 0 Å². The molecule has 150 valence electrons. The summed E-state index contributed by atoms with van der Waals surface area (Å²) in [7, 11) is 0. The fraction of sp³-hybridized carbons (Fsp3) is 0.455. The summed E-state index contributed by atoms with van der Waals surface area (Å²) in [5.74, 6) is -2.79. The van der Waals surface area contributed by atoms with Crippen LogP contribution in [0.25, 0.3) is 0 Å². The smallest absolute Gasteiger partial charge is 0.270 e. The van der Waals surface area contributed by atoms with Crippen molar-refractivity contribution in [3.8, 4) is 0 Å². The van der Waals surface area contributed by atoms with Gasteiger partial charge in [-0.2, -0.15) is 0 Å². The summed E-state index contributed by atoms with van der Waals surface area (Å²) in [6.07, 6.45) is 0.699. The number of aryl methyl sites for hydroxylation is 2. The molecular weight excluding hydrogens is 376 g/mol. The van der Waals surface area contributed by atoms with Gasteiger partial charge in [0, 0.05) is 63.0 Å². The molecule has 0 saturated carbocycles. The van der Waals surface area contributed by atoms with Gasteiger partial charge in [0.1, 0.15) is 0 Å². The second kappa shape index (κ2) is 8.62. The number of benzene rings is 1. The van der Waals surface area contributed by atoms with Crippen LogP contribution < -0.4 is 0 Å². The van der Waals surface area contributed by atoms with Crippen LogP contribution in [0.15, 0.2) is 36.4 Å². The molecule has 3 rings (SSSR count). The van der Waals surface area contributed by atoms with Crippen molar-refractivity contribution in [1.82, 2.24) is 14.8 Å². The Kier molecular flexibility index (Phi) is 6.40. The summed E-state index contributed by atoms with van der Waals surface area (Å²) in [4.78, 5) is 10.1. The molecule has 1 aromatic carbocycles. The number of pyridine rings is 1. The lowest BCUT2D eigenvalue weighted by atomic mass is 10.1. The van der Waals surface area contributed by atoms with Crippen molar-refractivity contribution in [2.45, 2.75) is 39.7 Å². The summed E-state index contributed by atoms with van der Waals surface area (Å²) < 4.78 is 26.7. The number of thiocarbonyl (C=S) groups is 1. The van der Waals surface area contributed by atoms with E-state index in [0.717, 1.165) is 61.6 Å². The van der Waals surface area contributed by atoms with Crippen LogP contribution in [-0.2, 0) is 18.9 Å². The van der Waals surface area contributed by atoms with Gasteiger partial charge < -0.3 is 4.90 Å². The van der Waals surface area contributed by atoms with Gasteiger partial charge in [0.2, 0.25) is 0 Å². The molecule has 28 heavy (non-hydrogen) atoms. The first-order valence-corrected chi connectivity index (χ1v) is 10.0. The molecule has 0 amide bonds. The van der Waals surface area contributed by atoms with Crippen LogP contribution in [-0.4, -0.2) is 46.0 Å². The van der Waals surface area contributed by atoms with Crippen molar-refractivity contribution in [1.29, 1.82) is 0 Å². The molecule has 0 radical (unpaired) electrons. The molecule has 0 unspecified atom stereocenters. The van der Waals surface area contributed by atoms with Gasteiger partial charge in [0.05, 0.1) is 4.99 Å². The predicted molar refractivity (Wildman–Crippen MR) is 113 cm³/mol. The first-order chi connectivity index (χ1) is 13.2. The first-order valence-electron chi connectivity index (χ1n) is 9.62. The van der Waals surface area contributed by atoms with Gasteiger partial charge in [0.25, 0.3) is 5.92 Å². The van der Waals surface area contributed by atoms with E-state index in [1.54, 1.807) is 12.1 Å². The number of hydrogen-bond acceptors (Lipinski definition) is 3. The molecule has 1 aliphatic rings. The van der Waals surface area contributed by atoms with Crippen molar-refractivity contribution in [3.05, 3.63) is 64.5 Å². The third kappa shape index (κ3) is 5.55. The van der Waals surface area contributed by atoms with Gasteiger partial charge in [-0.05, 0) is 37.1 Å². The highest BCUT2D eigenvalue weighted by Crippen LogP contribution is 2.27. The molecule has 2 heterocycles. The lowest BCUT2D eigenvalue weighted by Crippen LogP contribution is -2.48. The molecule has 3 nitrogen and oxygen atoms in total. The number of aromatic nitrogens is 1. The zero-order valence-corrected chi connectivity index (χ0v) is 17.5. The lowest BCUT2D eigenvalue weighted by molar-refractivity contribution is 0.0174. The highest BCUT2D eigenvalue weighted by molar-refractivity contribution is 7.80. The van der Waals surface area contributed by atoms with E-state index >= 15 is 0 Å². The second-order valence-electron chi connectivity index (χ2n) is 7.70. The van der Waals surface area contributed by atoms with E-state index in [1.807, 2.05) is 6.92 Å². The highest BCUT2D eigenvalue weighted by atomic mass is 32.1. The molecule has 0 N–H and O–H groups in total. The van der Waals surface area contributed by atoms with Gasteiger partial charge in [-0.1, -0.05) is 36.5 Å². The minimum atomic E-state index is -2.79. The SMILES string of the molecule is Cc1cc(C)nc(CC(=S)N2CCN(Cc3ccc(C(C)(F)F)cc3)CC2)c1. The lowest BCUT2D eigenvalue weighted by Gasteiger charge is -2.36. The number of nitrogens with zero attached hydrogens (tertiary/aromatic N) is 3. The molecule has 1 saturated heterocycles. The average Bonchev–Trinajstić information content (AvgIpc) is 2.61. The number of piperazine rings is 1. The van der Waals surface area contributed by atoms with Gasteiger partial charge in [-0.3, -0.25) is 9.88 Å². The van der Waals surface area contributed by atoms with Crippen LogP contribution in [0.4, 0.5) is 8.78 Å². The Labute approximate surface area is 171 Å². The molecule has 0 spiro atoms. The molecule has 2 aromatic rings. The van der Waals surface area contributed by atoms with Gasteiger partial charge in [-0.25, -0.2) is 8.78 Å². The predicted octanol–water partition coefficient (Wildman–Crippen LogP) is 4.50. The minimum Gasteiger partial charge on any atom is -0.363 e. The number of hydrogen-bond donors (Lipinski definition) is 0. The van der Waals surface area contributed by atoms with Gasteiger partial charge >= 0.3 is 0 Å². The van der Waals surface area contributed by atoms with E-state index in [4.69, 9.17) is 12.2 Å². The molecule has 0 atom stereocenters. The number of halogens is 2. The van der Waals surface area contributed by atoms with Crippen molar-refractivity contribution < 1.29 is 8.78 Å². The monoisotopic (exact) mass is 403 g/mol. The van der Waals surface area contributed by atoms with Crippen molar-refractivity contribution in [3.63, 3.8) is 0 Å². The van der Waals surface area contributed by atoms with Gasteiger partial charge in [-0.15, -0.1) is 0 Å². The van der Waals surface area contributed by atoms with Crippen LogP contribution in [0.2, 0.25) is 0 Å². The third-order valence-electron chi connectivity index (χ3n) is 5.08. The standard InChI is InChI=1S/C22H27F2N3S/c1-16-12-17(2)25-20(13-16)14-21(28)27-10-8-26(9-11-27)15-18-4-6-19(7-5-18)22(3,23)24/h4-7,12-13H,8-11,14-15H2,1-3H3. The Morgan fingerprint density at radius 3 is 2.29 bits per heavy atom. The topological polar surface area (TPSA) is 19.4 Å². The molecule has 1 aromatic heterocycles. The van der Waals surface area contributed by atoms with E-state index in [2.05, 4.69) is 33.8 Å². The van der Waals surface area contributed by atoms with E-state index in [-0.39, 0.29) is 5.56 Å². The van der Waals surface area contributed by atoms with Crippen LogP contribution >= 0.6 is 12.2 Å². The number of alkyl halides is 2. The normalized spacial score (nSPS) is 15.7. The molecule has 1 aliphatic heterocycles. The Balaban J connectivity index is 1.50. The Bertz CT molecular complexity index is 802. The fourth-order valence-corrected chi connectivity index (χ4v) is 3.93. The second-order valence-corrected chi connectivity index (χ2v) is 8.17.